The van der Waals surface area contributed by atoms with Crippen molar-refractivity contribution in [2.24, 2.45) is 0 Å². The van der Waals surface area contributed by atoms with Crippen LogP contribution in [0, 0.1) is 0 Å². The number of rotatable bonds is 4. The molecule has 3 heterocycles. The number of hydrogen-bond donors (Lipinski definition) is 1. The standard InChI is InChI=1S/C19H19N3O3S/c23-18(11-16-15-3-1-2-4-17(15)25-21-16)22-8-5-14(6-9-22)20-19(24)13-7-10-26-12-13/h1-4,7,10,12,14H,5-6,8-9,11H2,(H,20,24). The van der Waals surface area contributed by atoms with Crippen molar-refractivity contribution in [3.8, 4) is 0 Å². The van der Waals surface area contributed by atoms with Crippen LogP contribution < -0.4 is 5.32 Å². The Balaban J connectivity index is 1.31. The Kier molecular flexibility index (Phi) is 4.71. The fourth-order valence-electron chi connectivity index (χ4n) is 3.26. The molecule has 0 spiro atoms. The molecule has 0 atom stereocenters. The van der Waals surface area contributed by atoms with Gasteiger partial charge in [0.05, 0.1) is 6.42 Å². The van der Waals surface area contributed by atoms with Crippen LogP contribution in [0.15, 0.2) is 45.6 Å². The lowest BCUT2D eigenvalue weighted by atomic mass is 10.0. The third-order valence-electron chi connectivity index (χ3n) is 4.74. The zero-order chi connectivity index (χ0) is 17.9. The molecule has 0 bridgehead atoms. The lowest BCUT2D eigenvalue weighted by Gasteiger charge is -2.32. The number of carbonyl (C=O) groups excluding carboxylic acids is 2. The predicted molar refractivity (Wildman–Crippen MR) is 99.1 cm³/mol. The second-order valence-corrected chi connectivity index (χ2v) is 7.22. The quantitative estimate of drug-likeness (QED) is 0.767. The minimum absolute atomic E-state index is 0.0370. The molecule has 0 radical (unpaired) electrons. The van der Waals surface area contributed by atoms with E-state index in [9.17, 15) is 9.59 Å². The van der Waals surface area contributed by atoms with Gasteiger partial charge < -0.3 is 14.7 Å². The van der Waals surface area contributed by atoms with E-state index in [2.05, 4.69) is 10.5 Å². The number of thiophene rings is 1. The maximum atomic E-state index is 12.6. The molecule has 0 aliphatic carbocycles. The summed E-state index contributed by atoms with van der Waals surface area (Å²) in [5.74, 6) is 0.0109. The minimum Gasteiger partial charge on any atom is -0.356 e. The summed E-state index contributed by atoms with van der Waals surface area (Å²) >= 11 is 1.51. The highest BCUT2D eigenvalue weighted by Crippen LogP contribution is 2.20. The monoisotopic (exact) mass is 369 g/mol. The normalized spacial score (nSPS) is 15.3. The summed E-state index contributed by atoms with van der Waals surface area (Å²) in [6.45, 7) is 1.28. The maximum Gasteiger partial charge on any atom is 0.252 e. The molecule has 1 aliphatic rings. The van der Waals surface area contributed by atoms with Crippen LogP contribution in [0.5, 0.6) is 0 Å². The number of aromatic nitrogens is 1. The van der Waals surface area contributed by atoms with Crippen LogP contribution in [0.3, 0.4) is 0 Å². The van der Waals surface area contributed by atoms with Crippen LogP contribution in [-0.2, 0) is 11.2 Å². The molecule has 134 valence electrons. The Morgan fingerprint density at radius 1 is 1.23 bits per heavy atom. The molecule has 0 saturated carbocycles. The lowest BCUT2D eigenvalue weighted by Crippen LogP contribution is -2.46. The van der Waals surface area contributed by atoms with Crippen molar-refractivity contribution >= 4 is 34.1 Å². The number of nitrogens with zero attached hydrogens (tertiary/aromatic N) is 2. The first-order valence-electron chi connectivity index (χ1n) is 8.65. The zero-order valence-corrected chi connectivity index (χ0v) is 15.0. The first-order chi connectivity index (χ1) is 12.7. The van der Waals surface area contributed by atoms with Gasteiger partial charge in [-0.05, 0) is 36.4 Å². The van der Waals surface area contributed by atoms with Crippen LogP contribution in [0.4, 0.5) is 0 Å². The van der Waals surface area contributed by atoms with Crippen molar-refractivity contribution in [1.82, 2.24) is 15.4 Å². The highest BCUT2D eigenvalue weighted by atomic mass is 32.1. The molecule has 1 aliphatic heterocycles. The molecule has 1 fully saturated rings. The summed E-state index contributed by atoms with van der Waals surface area (Å²) in [7, 11) is 0. The molecule has 0 unspecified atom stereocenters. The maximum absolute atomic E-state index is 12.6. The average Bonchev–Trinajstić information content (AvgIpc) is 3.33. The molecule has 1 aromatic carbocycles. The van der Waals surface area contributed by atoms with Crippen LogP contribution in [0.25, 0.3) is 11.0 Å². The van der Waals surface area contributed by atoms with Crippen molar-refractivity contribution < 1.29 is 14.1 Å². The number of para-hydroxylation sites is 1. The summed E-state index contributed by atoms with van der Waals surface area (Å²) in [4.78, 5) is 26.5. The first kappa shape index (κ1) is 16.8. The molecule has 3 aromatic rings. The molecule has 4 rings (SSSR count). The van der Waals surface area contributed by atoms with Gasteiger partial charge in [-0.25, -0.2) is 0 Å². The SMILES string of the molecule is O=C(NC1CCN(C(=O)Cc2noc3ccccc23)CC1)c1ccsc1. The third-order valence-corrected chi connectivity index (χ3v) is 5.42. The van der Waals surface area contributed by atoms with Crippen molar-refractivity contribution in [3.63, 3.8) is 0 Å². The fraction of sp³-hybridized carbons (Fsp3) is 0.316. The van der Waals surface area contributed by atoms with Gasteiger partial charge in [0.25, 0.3) is 5.91 Å². The van der Waals surface area contributed by atoms with E-state index in [-0.39, 0.29) is 24.3 Å². The summed E-state index contributed by atoms with van der Waals surface area (Å²) in [6, 6.07) is 9.49. The number of amides is 2. The number of carbonyl (C=O) groups is 2. The Hall–Kier alpha value is -2.67. The highest BCUT2D eigenvalue weighted by Gasteiger charge is 2.25. The van der Waals surface area contributed by atoms with Gasteiger partial charge in [0.2, 0.25) is 5.91 Å². The second-order valence-electron chi connectivity index (χ2n) is 6.44. The van der Waals surface area contributed by atoms with Crippen molar-refractivity contribution in [3.05, 3.63) is 52.3 Å². The van der Waals surface area contributed by atoms with Gasteiger partial charge in [0.15, 0.2) is 5.58 Å². The predicted octanol–water partition coefficient (Wildman–Crippen LogP) is 2.85. The van der Waals surface area contributed by atoms with Gasteiger partial charge in [-0.15, -0.1) is 0 Å². The van der Waals surface area contributed by atoms with Gasteiger partial charge in [0.1, 0.15) is 5.69 Å². The van der Waals surface area contributed by atoms with Crippen molar-refractivity contribution in [1.29, 1.82) is 0 Å². The summed E-state index contributed by atoms with van der Waals surface area (Å²) < 4.78 is 5.27. The first-order valence-corrected chi connectivity index (χ1v) is 9.59. The van der Waals surface area contributed by atoms with Crippen LogP contribution in [0.1, 0.15) is 28.9 Å². The van der Waals surface area contributed by atoms with Crippen LogP contribution in [0.2, 0.25) is 0 Å². The number of fused-ring (bicyclic) bond motifs is 1. The molecule has 2 amide bonds. The Labute approximate surface area is 154 Å². The van der Waals surface area contributed by atoms with E-state index in [4.69, 9.17) is 4.52 Å². The van der Waals surface area contributed by atoms with E-state index in [0.29, 0.717) is 29.9 Å². The van der Waals surface area contributed by atoms with Crippen molar-refractivity contribution in [2.45, 2.75) is 25.3 Å². The van der Waals surface area contributed by atoms with E-state index in [1.165, 1.54) is 11.3 Å². The zero-order valence-electron chi connectivity index (χ0n) is 14.2. The molecular weight excluding hydrogens is 350 g/mol. The summed E-state index contributed by atoms with van der Waals surface area (Å²) in [6.07, 6.45) is 1.77. The van der Waals surface area contributed by atoms with E-state index in [1.54, 1.807) is 0 Å². The van der Waals surface area contributed by atoms with Crippen LogP contribution in [-0.4, -0.2) is 41.0 Å². The molecule has 26 heavy (non-hydrogen) atoms. The van der Waals surface area contributed by atoms with Gasteiger partial charge in [-0.2, -0.15) is 11.3 Å². The molecule has 6 nitrogen and oxygen atoms in total. The average molecular weight is 369 g/mol. The molecule has 2 aromatic heterocycles. The molecule has 1 N–H and O–H groups in total. The molecule has 1 saturated heterocycles. The summed E-state index contributed by atoms with van der Waals surface area (Å²) in [5.41, 5.74) is 2.08. The van der Waals surface area contributed by atoms with E-state index in [1.807, 2.05) is 46.0 Å². The van der Waals surface area contributed by atoms with E-state index in [0.717, 1.165) is 18.2 Å². The molecular formula is C19H19N3O3S. The topological polar surface area (TPSA) is 75.4 Å². The third kappa shape index (κ3) is 3.48. The van der Waals surface area contributed by atoms with Gasteiger partial charge in [-0.3, -0.25) is 9.59 Å². The fourth-order valence-corrected chi connectivity index (χ4v) is 3.89. The lowest BCUT2D eigenvalue weighted by molar-refractivity contribution is -0.131. The van der Waals surface area contributed by atoms with E-state index >= 15 is 0 Å². The van der Waals surface area contributed by atoms with Crippen molar-refractivity contribution in [2.75, 3.05) is 13.1 Å². The minimum atomic E-state index is -0.0370. The number of nitrogens with one attached hydrogen (secondary N) is 1. The summed E-state index contributed by atoms with van der Waals surface area (Å²) in [5, 5.41) is 11.7. The number of likely N-dealkylation sites (tertiary alicyclic amines) is 1. The van der Waals surface area contributed by atoms with Gasteiger partial charge >= 0.3 is 0 Å². The Bertz CT molecular complexity index is 911. The number of piperidine rings is 1. The van der Waals surface area contributed by atoms with Crippen LogP contribution >= 0.6 is 11.3 Å². The van der Waals surface area contributed by atoms with E-state index < -0.39 is 0 Å². The Morgan fingerprint density at radius 3 is 2.81 bits per heavy atom. The second kappa shape index (κ2) is 7.29. The van der Waals surface area contributed by atoms with Gasteiger partial charge in [0, 0.05) is 35.5 Å². The van der Waals surface area contributed by atoms with Gasteiger partial charge in [-0.1, -0.05) is 17.3 Å². The Morgan fingerprint density at radius 2 is 2.04 bits per heavy atom. The largest absolute Gasteiger partial charge is 0.356 e. The molecule has 7 heteroatoms. The smallest absolute Gasteiger partial charge is 0.252 e. The highest BCUT2D eigenvalue weighted by molar-refractivity contribution is 7.08. The number of hydrogen-bond acceptors (Lipinski definition) is 5. The number of benzene rings is 1.